The van der Waals surface area contributed by atoms with E-state index in [-0.39, 0.29) is 11.8 Å². The highest BCUT2D eigenvalue weighted by molar-refractivity contribution is 6.09. The maximum atomic E-state index is 12.8. The molecule has 0 spiro atoms. The molecule has 6 heteroatoms. The van der Waals surface area contributed by atoms with Gasteiger partial charge >= 0.3 is 0 Å². The quantitative estimate of drug-likeness (QED) is 0.709. The Bertz CT molecular complexity index is 1000. The van der Waals surface area contributed by atoms with Crippen LogP contribution in [0.1, 0.15) is 26.3 Å². The SMILES string of the molecule is Cc1c(NC(=O)c2ccccc2)cccc1NC(=O)c1cccnc1N(C)C. The monoisotopic (exact) mass is 374 g/mol. The molecule has 0 aliphatic carbocycles. The van der Waals surface area contributed by atoms with E-state index in [1.165, 1.54) is 0 Å². The average Bonchev–Trinajstić information content (AvgIpc) is 2.71. The molecule has 3 rings (SSSR count). The van der Waals surface area contributed by atoms with Crippen molar-refractivity contribution in [1.29, 1.82) is 0 Å². The van der Waals surface area contributed by atoms with E-state index in [2.05, 4.69) is 15.6 Å². The third-order valence-electron chi connectivity index (χ3n) is 4.32. The van der Waals surface area contributed by atoms with E-state index in [0.29, 0.717) is 28.3 Å². The molecule has 2 aromatic carbocycles. The summed E-state index contributed by atoms with van der Waals surface area (Å²) in [6, 6.07) is 17.8. The fourth-order valence-corrected chi connectivity index (χ4v) is 2.81. The van der Waals surface area contributed by atoms with E-state index in [1.54, 1.807) is 53.6 Å². The Hall–Kier alpha value is -3.67. The van der Waals surface area contributed by atoms with Crippen molar-refractivity contribution in [3.63, 3.8) is 0 Å². The highest BCUT2D eigenvalue weighted by Gasteiger charge is 2.16. The molecule has 2 N–H and O–H groups in total. The van der Waals surface area contributed by atoms with Crippen molar-refractivity contribution in [3.8, 4) is 0 Å². The topological polar surface area (TPSA) is 74.3 Å². The van der Waals surface area contributed by atoms with E-state index < -0.39 is 0 Å². The summed E-state index contributed by atoms with van der Waals surface area (Å²) in [5.41, 5.74) is 3.10. The number of pyridine rings is 1. The molecule has 142 valence electrons. The van der Waals surface area contributed by atoms with Crippen LogP contribution >= 0.6 is 0 Å². The van der Waals surface area contributed by atoms with Crippen molar-refractivity contribution in [2.75, 3.05) is 29.6 Å². The smallest absolute Gasteiger partial charge is 0.259 e. The Labute approximate surface area is 164 Å². The van der Waals surface area contributed by atoms with Crippen molar-refractivity contribution in [1.82, 2.24) is 4.98 Å². The van der Waals surface area contributed by atoms with Crippen LogP contribution in [0.2, 0.25) is 0 Å². The molecule has 2 amide bonds. The third-order valence-corrected chi connectivity index (χ3v) is 4.32. The molecule has 0 unspecified atom stereocenters. The lowest BCUT2D eigenvalue weighted by Crippen LogP contribution is -2.20. The molecule has 0 fully saturated rings. The summed E-state index contributed by atoms with van der Waals surface area (Å²) >= 11 is 0. The molecule has 0 saturated carbocycles. The number of hydrogen-bond donors (Lipinski definition) is 2. The minimum Gasteiger partial charge on any atom is -0.362 e. The van der Waals surface area contributed by atoms with Gasteiger partial charge in [0.05, 0.1) is 5.56 Å². The summed E-state index contributed by atoms with van der Waals surface area (Å²) in [6.07, 6.45) is 1.65. The minimum absolute atomic E-state index is 0.200. The van der Waals surface area contributed by atoms with Crippen molar-refractivity contribution in [2.24, 2.45) is 0 Å². The zero-order valence-electron chi connectivity index (χ0n) is 16.1. The second-order valence-corrected chi connectivity index (χ2v) is 6.52. The predicted molar refractivity (Wildman–Crippen MR) is 112 cm³/mol. The number of anilines is 3. The summed E-state index contributed by atoms with van der Waals surface area (Å²) in [4.78, 5) is 31.3. The molecule has 0 radical (unpaired) electrons. The first-order valence-corrected chi connectivity index (χ1v) is 8.87. The summed E-state index contributed by atoms with van der Waals surface area (Å²) in [7, 11) is 3.67. The molecule has 3 aromatic rings. The van der Waals surface area contributed by atoms with E-state index in [0.717, 1.165) is 5.56 Å². The summed E-state index contributed by atoms with van der Waals surface area (Å²) in [5, 5.41) is 5.82. The molecule has 0 aliphatic heterocycles. The number of carbonyl (C=O) groups excluding carboxylic acids is 2. The zero-order chi connectivity index (χ0) is 20.1. The highest BCUT2D eigenvalue weighted by atomic mass is 16.2. The van der Waals surface area contributed by atoms with Gasteiger partial charge in [0.2, 0.25) is 0 Å². The summed E-state index contributed by atoms with van der Waals surface area (Å²) < 4.78 is 0. The fourth-order valence-electron chi connectivity index (χ4n) is 2.81. The Morgan fingerprint density at radius 3 is 2.11 bits per heavy atom. The first-order valence-electron chi connectivity index (χ1n) is 8.87. The van der Waals surface area contributed by atoms with E-state index >= 15 is 0 Å². The largest absolute Gasteiger partial charge is 0.362 e. The second kappa shape index (κ2) is 8.35. The van der Waals surface area contributed by atoms with E-state index in [9.17, 15) is 9.59 Å². The molecule has 6 nitrogen and oxygen atoms in total. The molecule has 0 aliphatic rings. The maximum Gasteiger partial charge on any atom is 0.259 e. The molecular weight excluding hydrogens is 352 g/mol. The molecular formula is C22H22N4O2. The number of nitrogens with zero attached hydrogens (tertiary/aromatic N) is 2. The van der Waals surface area contributed by atoms with Crippen molar-refractivity contribution in [2.45, 2.75) is 6.92 Å². The van der Waals surface area contributed by atoms with Gasteiger partial charge in [-0.1, -0.05) is 24.3 Å². The van der Waals surface area contributed by atoms with Gasteiger partial charge < -0.3 is 15.5 Å². The van der Waals surface area contributed by atoms with Crippen LogP contribution in [-0.2, 0) is 0 Å². The zero-order valence-corrected chi connectivity index (χ0v) is 16.1. The minimum atomic E-state index is -0.258. The van der Waals surface area contributed by atoms with Crippen LogP contribution in [0, 0.1) is 6.92 Å². The Kier molecular flexibility index (Phi) is 5.69. The van der Waals surface area contributed by atoms with E-state index in [4.69, 9.17) is 0 Å². The molecule has 0 saturated heterocycles. The van der Waals surface area contributed by atoms with Crippen molar-refractivity contribution >= 4 is 29.0 Å². The fraction of sp³-hybridized carbons (Fsp3) is 0.136. The summed E-state index contributed by atoms with van der Waals surface area (Å²) in [5.74, 6) is 0.131. The average molecular weight is 374 g/mol. The predicted octanol–water partition coefficient (Wildman–Crippen LogP) is 3.96. The van der Waals surface area contributed by atoms with Crippen LogP contribution in [0.4, 0.5) is 17.2 Å². The van der Waals surface area contributed by atoms with Gasteiger partial charge in [-0.25, -0.2) is 4.98 Å². The molecule has 1 heterocycles. The molecule has 28 heavy (non-hydrogen) atoms. The van der Waals surface area contributed by atoms with Crippen LogP contribution in [0.3, 0.4) is 0 Å². The van der Waals surface area contributed by atoms with Gasteiger partial charge in [-0.2, -0.15) is 0 Å². The molecule has 1 aromatic heterocycles. The van der Waals surface area contributed by atoms with Crippen molar-refractivity contribution < 1.29 is 9.59 Å². The third kappa shape index (κ3) is 4.17. The van der Waals surface area contributed by atoms with Gasteiger partial charge in [0.25, 0.3) is 11.8 Å². The van der Waals surface area contributed by atoms with Gasteiger partial charge in [-0.05, 0) is 48.9 Å². The number of carbonyl (C=O) groups is 2. The first-order chi connectivity index (χ1) is 13.5. The number of benzene rings is 2. The van der Waals surface area contributed by atoms with Crippen molar-refractivity contribution in [3.05, 3.63) is 83.6 Å². The van der Waals surface area contributed by atoms with Gasteiger partial charge in [-0.15, -0.1) is 0 Å². The van der Waals surface area contributed by atoms with Crippen LogP contribution in [0.25, 0.3) is 0 Å². The number of amides is 2. The summed E-state index contributed by atoms with van der Waals surface area (Å²) in [6.45, 7) is 1.85. The number of hydrogen-bond acceptors (Lipinski definition) is 4. The normalized spacial score (nSPS) is 10.2. The second-order valence-electron chi connectivity index (χ2n) is 6.52. The maximum absolute atomic E-state index is 12.8. The molecule has 0 bridgehead atoms. The number of nitrogens with one attached hydrogen (secondary N) is 2. The van der Waals surface area contributed by atoms with Gasteiger partial charge in [0.15, 0.2) is 0 Å². The van der Waals surface area contributed by atoms with Gasteiger partial charge in [-0.3, -0.25) is 9.59 Å². The van der Waals surface area contributed by atoms with Crippen LogP contribution < -0.4 is 15.5 Å². The first kappa shape index (κ1) is 19.1. The van der Waals surface area contributed by atoms with Gasteiger partial charge in [0.1, 0.15) is 5.82 Å². The Morgan fingerprint density at radius 2 is 1.46 bits per heavy atom. The highest BCUT2D eigenvalue weighted by Crippen LogP contribution is 2.25. The lowest BCUT2D eigenvalue weighted by molar-refractivity contribution is 0.101. The van der Waals surface area contributed by atoms with Crippen LogP contribution in [0.15, 0.2) is 66.9 Å². The Morgan fingerprint density at radius 1 is 0.821 bits per heavy atom. The van der Waals surface area contributed by atoms with Gasteiger partial charge in [0, 0.05) is 37.2 Å². The number of aromatic nitrogens is 1. The number of rotatable bonds is 5. The standard InChI is InChI=1S/C22H22N4O2/c1-15-18(24-21(27)16-9-5-4-6-10-16)12-7-13-19(15)25-22(28)17-11-8-14-23-20(17)26(2)3/h4-14H,1-3H3,(H,24,27)(H,25,28). The Balaban J connectivity index is 1.82. The van der Waals surface area contributed by atoms with Crippen LogP contribution in [-0.4, -0.2) is 30.9 Å². The van der Waals surface area contributed by atoms with E-state index in [1.807, 2.05) is 39.2 Å². The lowest BCUT2D eigenvalue weighted by Gasteiger charge is -2.17. The lowest BCUT2D eigenvalue weighted by atomic mass is 10.1. The van der Waals surface area contributed by atoms with Crippen LogP contribution in [0.5, 0.6) is 0 Å². The molecule has 0 atom stereocenters.